The minimum Gasteiger partial charge on any atom is -0.444 e. The third-order valence-corrected chi connectivity index (χ3v) is 4.15. The topological polar surface area (TPSA) is 101 Å². The summed E-state index contributed by atoms with van der Waals surface area (Å²) in [5.74, 6) is 0.596. The highest BCUT2D eigenvalue weighted by Gasteiger charge is 2.49. The van der Waals surface area contributed by atoms with Crippen LogP contribution in [0.4, 0.5) is 4.79 Å². The van der Waals surface area contributed by atoms with Crippen LogP contribution in [0.3, 0.4) is 0 Å². The first kappa shape index (κ1) is 21.0. The summed E-state index contributed by atoms with van der Waals surface area (Å²) in [5.41, 5.74) is -0.565. The summed E-state index contributed by atoms with van der Waals surface area (Å²) in [6, 6.07) is 1.57. The van der Waals surface area contributed by atoms with Crippen molar-refractivity contribution in [3.05, 3.63) is 18.0 Å². The molecule has 27 heavy (non-hydrogen) atoms. The van der Waals surface area contributed by atoms with Crippen LogP contribution in [0, 0.1) is 0 Å². The summed E-state index contributed by atoms with van der Waals surface area (Å²) in [6.07, 6.45) is 0.966. The smallest absolute Gasteiger partial charge is 0.412 e. The van der Waals surface area contributed by atoms with Gasteiger partial charge in [0, 0.05) is 19.7 Å². The van der Waals surface area contributed by atoms with E-state index in [1.807, 2.05) is 41.5 Å². The number of aliphatic imine (C=N–C) groups is 1. The van der Waals surface area contributed by atoms with Crippen molar-refractivity contribution >= 4 is 12.1 Å². The summed E-state index contributed by atoms with van der Waals surface area (Å²) >= 11 is 0. The van der Waals surface area contributed by atoms with Gasteiger partial charge >= 0.3 is 6.09 Å². The molecule has 2 heterocycles. The Morgan fingerprint density at radius 2 is 2.11 bits per heavy atom. The van der Waals surface area contributed by atoms with E-state index in [4.69, 9.17) is 14.0 Å². The van der Waals surface area contributed by atoms with Gasteiger partial charge < -0.3 is 24.6 Å². The molecular weight excluding hydrogens is 350 g/mol. The Kier molecular flexibility index (Phi) is 6.35. The molecule has 2 N–H and O–H groups in total. The lowest BCUT2D eigenvalue weighted by molar-refractivity contribution is -0.0755. The molecular formula is C18H31N5O4. The third-order valence-electron chi connectivity index (χ3n) is 4.15. The molecule has 1 amide bonds. The van der Waals surface area contributed by atoms with Crippen LogP contribution in [-0.4, -0.2) is 59.2 Å². The molecule has 2 unspecified atom stereocenters. The van der Waals surface area contributed by atoms with Crippen molar-refractivity contribution in [1.82, 2.24) is 20.7 Å². The van der Waals surface area contributed by atoms with Crippen LogP contribution in [0.5, 0.6) is 0 Å². The van der Waals surface area contributed by atoms with E-state index in [2.05, 4.69) is 20.8 Å². The average Bonchev–Trinajstić information content (AvgIpc) is 3.11. The maximum Gasteiger partial charge on any atom is 0.412 e. The van der Waals surface area contributed by atoms with Gasteiger partial charge in [-0.2, -0.15) is 0 Å². The second-order valence-electron chi connectivity index (χ2n) is 7.98. The first-order valence-corrected chi connectivity index (χ1v) is 9.07. The molecule has 1 aromatic heterocycles. The van der Waals surface area contributed by atoms with Crippen molar-refractivity contribution in [1.29, 1.82) is 0 Å². The molecule has 0 radical (unpaired) electrons. The van der Waals surface area contributed by atoms with Gasteiger partial charge in [0.15, 0.2) is 5.96 Å². The maximum atomic E-state index is 12.8. The number of aromatic nitrogens is 1. The number of hydrogen-bond donors (Lipinski definition) is 2. The van der Waals surface area contributed by atoms with Gasteiger partial charge in [0.1, 0.15) is 23.3 Å². The minimum absolute atomic E-state index is 0.159. The highest BCUT2D eigenvalue weighted by atomic mass is 16.6. The van der Waals surface area contributed by atoms with Gasteiger partial charge in [0.25, 0.3) is 0 Å². The van der Waals surface area contributed by atoms with Crippen LogP contribution in [0.25, 0.3) is 0 Å². The molecule has 0 saturated carbocycles. The van der Waals surface area contributed by atoms with Crippen LogP contribution in [0.2, 0.25) is 0 Å². The Morgan fingerprint density at radius 1 is 1.41 bits per heavy atom. The Labute approximate surface area is 160 Å². The number of carbonyl (C=O) groups is 1. The normalized spacial score (nSPS) is 22.6. The van der Waals surface area contributed by atoms with Crippen molar-refractivity contribution in [2.45, 2.75) is 71.6 Å². The molecule has 1 aliphatic rings. The monoisotopic (exact) mass is 381 g/mol. The highest BCUT2D eigenvalue weighted by Crippen LogP contribution is 2.33. The Bertz CT molecular complexity index is 651. The summed E-state index contributed by atoms with van der Waals surface area (Å²) in [7, 11) is 1.68. The van der Waals surface area contributed by atoms with E-state index in [9.17, 15) is 4.79 Å². The summed E-state index contributed by atoms with van der Waals surface area (Å²) in [5, 5.41) is 10.2. The molecule has 0 aliphatic carbocycles. The van der Waals surface area contributed by atoms with E-state index in [0.717, 1.165) is 5.69 Å². The molecule has 9 heteroatoms. The van der Waals surface area contributed by atoms with Gasteiger partial charge in [-0.15, -0.1) is 0 Å². The molecule has 9 nitrogen and oxygen atoms in total. The zero-order valence-corrected chi connectivity index (χ0v) is 17.2. The van der Waals surface area contributed by atoms with Crippen LogP contribution >= 0.6 is 0 Å². The lowest BCUT2D eigenvalue weighted by Crippen LogP contribution is -2.54. The molecule has 0 bridgehead atoms. The molecule has 152 valence electrons. The molecule has 1 aromatic rings. The average molecular weight is 381 g/mol. The van der Waals surface area contributed by atoms with Crippen molar-refractivity contribution in [3.8, 4) is 0 Å². The summed E-state index contributed by atoms with van der Waals surface area (Å²) in [6.45, 7) is 12.2. The number of guanidine groups is 1. The van der Waals surface area contributed by atoms with E-state index < -0.39 is 17.4 Å². The molecule has 1 saturated heterocycles. The molecule has 0 spiro atoms. The highest BCUT2D eigenvalue weighted by molar-refractivity contribution is 5.79. The molecule has 2 rings (SSSR count). The Balaban J connectivity index is 2.01. The summed E-state index contributed by atoms with van der Waals surface area (Å²) < 4.78 is 16.4. The van der Waals surface area contributed by atoms with Crippen LogP contribution < -0.4 is 10.6 Å². The first-order valence-electron chi connectivity index (χ1n) is 9.07. The van der Waals surface area contributed by atoms with Gasteiger partial charge in [-0.1, -0.05) is 5.16 Å². The minimum atomic E-state index is -0.758. The number of hydrogen-bond acceptors (Lipinski definition) is 6. The Morgan fingerprint density at radius 3 is 2.67 bits per heavy atom. The predicted octanol–water partition coefficient (Wildman–Crippen LogP) is 2.10. The fraction of sp³-hybridized carbons (Fsp3) is 0.722. The number of ether oxygens (including phenoxy) is 2. The fourth-order valence-electron chi connectivity index (χ4n) is 3.05. The van der Waals surface area contributed by atoms with Gasteiger partial charge in [0.05, 0.1) is 18.7 Å². The van der Waals surface area contributed by atoms with Gasteiger partial charge in [-0.25, -0.2) is 4.79 Å². The van der Waals surface area contributed by atoms with E-state index in [1.165, 1.54) is 6.26 Å². The zero-order valence-electron chi connectivity index (χ0n) is 17.2. The van der Waals surface area contributed by atoms with E-state index >= 15 is 0 Å². The maximum absolute atomic E-state index is 12.8. The quantitative estimate of drug-likeness (QED) is 0.608. The number of nitrogens with one attached hydrogen (secondary N) is 2. The fourth-order valence-corrected chi connectivity index (χ4v) is 3.05. The van der Waals surface area contributed by atoms with Gasteiger partial charge in [-0.3, -0.25) is 9.89 Å². The van der Waals surface area contributed by atoms with Crippen molar-refractivity contribution in [2.24, 2.45) is 4.99 Å². The lowest BCUT2D eigenvalue weighted by atomic mass is 10.1. The van der Waals surface area contributed by atoms with Gasteiger partial charge in [-0.05, 0) is 41.5 Å². The summed E-state index contributed by atoms with van der Waals surface area (Å²) in [4.78, 5) is 18.6. The predicted molar refractivity (Wildman–Crippen MR) is 101 cm³/mol. The molecule has 1 aliphatic heterocycles. The standard InChI is InChI=1S/C18H31N5O4/c1-12-14(11-21-15(19-7)20-10-13-8-9-25-22-13)23(18(5,6)26-12)16(24)27-17(2,3)4/h8-9,12,14H,10-11H2,1-7H3,(H2,19,20,21). The van der Waals surface area contributed by atoms with E-state index in [1.54, 1.807) is 18.0 Å². The number of carbonyl (C=O) groups excluding carboxylic acids is 1. The molecule has 0 aromatic carbocycles. The number of rotatable bonds is 4. The Hall–Kier alpha value is -2.29. The second kappa shape index (κ2) is 8.16. The van der Waals surface area contributed by atoms with Crippen molar-refractivity contribution < 1.29 is 18.8 Å². The third kappa shape index (κ3) is 5.59. The van der Waals surface area contributed by atoms with Crippen LogP contribution in [0.1, 0.15) is 47.2 Å². The van der Waals surface area contributed by atoms with Crippen LogP contribution in [0.15, 0.2) is 21.8 Å². The molecule has 2 atom stereocenters. The van der Waals surface area contributed by atoms with Crippen LogP contribution in [-0.2, 0) is 16.0 Å². The SMILES string of the molecule is CN=C(NCc1ccon1)NCC1C(C)OC(C)(C)N1C(=O)OC(C)(C)C. The zero-order chi connectivity index (χ0) is 20.2. The molecule has 1 fully saturated rings. The second-order valence-corrected chi connectivity index (χ2v) is 7.98. The van der Waals surface area contributed by atoms with E-state index in [-0.39, 0.29) is 12.1 Å². The van der Waals surface area contributed by atoms with Gasteiger partial charge in [0.2, 0.25) is 0 Å². The first-order chi connectivity index (χ1) is 12.5. The lowest BCUT2D eigenvalue weighted by Gasteiger charge is -2.35. The van der Waals surface area contributed by atoms with Crippen molar-refractivity contribution in [2.75, 3.05) is 13.6 Å². The number of nitrogens with zero attached hydrogens (tertiary/aromatic N) is 3. The van der Waals surface area contributed by atoms with Crippen molar-refractivity contribution in [3.63, 3.8) is 0 Å². The number of amides is 1. The largest absolute Gasteiger partial charge is 0.444 e. The van der Waals surface area contributed by atoms with E-state index in [0.29, 0.717) is 19.0 Å².